The molecule has 0 atom stereocenters. The number of anilines is 2. The lowest BCUT2D eigenvalue weighted by Gasteiger charge is -2.13. The Balaban J connectivity index is 1.36. The third-order valence-electron chi connectivity index (χ3n) is 5.98. The van der Waals surface area contributed by atoms with E-state index >= 15 is 0 Å². The Morgan fingerprint density at radius 2 is 1.65 bits per heavy atom. The molecule has 0 unspecified atom stereocenters. The number of carbonyl (C=O) groups is 2. The van der Waals surface area contributed by atoms with Crippen LogP contribution in [0, 0.1) is 0 Å². The van der Waals surface area contributed by atoms with Gasteiger partial charge in [-0.1, -0.05) is 31.0 Å². The van der Waals surface area contributed by atoms with Gasteiger partial charge in [0.1, 0.15) is 0 Å². The summed E-state index contributed by atoms with van der Waals surface area (Å²) in [4.78, 5) is 26.6. The molecule has 1 saturated carbocycles. The van der Waals surface area contributed by atoms with E-state index in [0.29, 0.717) is 36.2 Å². The zero-order valence-corrected chi connectivity index (χ0v) is 20.5. The molecule has 1 aliphatic rings. The summed E-state index contributed by atoms with van der Waals surface area (Å²) in [6, 6.07) is 17.2. The molecule has 178 valence electrons. The molecular formula is C26H28N2O4S2. The standard InChI is InChI=1S/C26H28N2O4S2/c29-25(15-5-10-22-11-6-16-33-22)27-20-8-3-7-19(17-20)26(30)28-21-9-4-14-24(18-21)34(31,32)23-12-1-2-13-23/h3-4,6-9,11,14,16-18,23H,1-2,5,10,12-13,15H2,(H,27,29)(H,28,30). The Morgan fingerprint density at radius 1 is 0.912 bits per heavy atom. The lowest BCUT2D eigenvalue weighted by Crippen LogP contribution is -2.18. The third kappa shape index (κ3) is 6.12. The predicted octanol–water partition coefficient (Wildman–Crippen LogP) is 5.68. The van der Waals surface area contributed by atoms with Crippen molar-refractivity contribution in [3.05, 3.63) is 76.5 Å². The van der Waals surface area contributed by atoms with Gasteiger partial charge in [-0.05, 0) is 73.5 Å². The Hall–Kier alpha value is -2.97. The van der Waals surface area contributed by atoms with Gasteiger partial charge in [-0.2, -0.15) is 0 Å². The molecule has 4 rings (SSSR count). The van der Waals surface area contributed by atoms with Crippen molar-refractivity contribution in [1.82, 2.24) is 0 Å². The summed E-state index contributed by atoms with van der Waals surface area (Å²) in [7, 11) is -3.40. The van der Waals surface area contributed by atoms with Gasteiger partial charge in [0.05, 0.1) is 10.1 Å². The van der Waals surface area contributed by atoms with Crippen LogP contribution in [0.15, 0.2) is 70.9 Å². The molecule has 34 heavy (non-hydrogen) atoms. The summed E-state index contributed by atoms with van der Waals surface area (Å²) in [6.07, 6.45) is 5.26. The van der Waals surface area contributed by atoms with Crippen LogP contribution in [-0.4, -0.2) is 25.5 Å². The summed E-state index contributed by atoms with van der Waals surface area (Å²) in [5, 5.41) is 7.30. The first kappa shape index (κ1) is 24.2. The first-order valence-electron chi connectivity index (χ1n) is 11.5. The van der Waals surface area contributed by atoms with Gasteiger partial charge >= 0.3 is 0 Å². The quantitative estimate of drug-likeness (QED) is 0.399. The van der Waals surface area contributed by atoms with Crippen LogP contribution in [0.3, 0.4) is 0 Å². The number of sulfone groups is 1. The lowest BCUT2D eigenvalue weighted by atomic mass is 10.1. The van der Waals surface area contributed by atoms with Crippen LogP contribution >= 0.6 is 11.3 Å². The van der Waals surface area contributed by atoms with Gasteiger partial charge in [-0.3, -0.25) is 9.59 Å². The van der Waals surface area contributed by atoms with Crippen molar-refractivity contribution in [2.75, 3.05) is 10.6 Å². The molecule has 0 bridgehead atoms. The van der Waals surface area contributed by atoms with Gasteiger partial charge < -0.3 is 10.6 Å². The van der Waals surface area contributed by atoms with E-state index in [-0.39, 0.29) is 22.0 Å². The number of hydrogen-bond donors (Lipinski definition) is 2. The first-order chi connectivity index (χ1) is 16.4. The molecule has 2 amide bonds. The minimum Gasteiger partial charge on any atom is -0.326 e. The van der Waals surface area contributed by atoms with Crippen LogP contribution in [0.2, 0.25) is 0 Å². The smallest absolute Gasteiger partial charge is 0.255 e. The van der Waals surface area contributed by atoms with Gasteiger partial charge in [0, 0.05) is 28.2 Å². The zero-order valence-electron chi connectivity index (χ0n) is 18.8. The van der Waals surface area contributed by atoms with E-state index < -0.39 is 9.84 Å². The molecule has 3 aromatic rings. The lowest BCUT2D eigenvalue weighted by molar-refractivity contribution is -0.116. The fourth-order valence-corrected chi connectivity index (χ4v) is 6.83. The van der Waals surface area contributed by atoms with Crippen molar-refractivity contribution in [2.45, 2.75) is 55.1 Å². The highest BCUT2D eigenvalue weighted by atomic mass is 32.2. The van der Waals surface area contributed by atoms with Crippen LogP contribution in [0.25, 0.3) is 0 Å². The third-order valence-corrected chi connectivity index (χ3v) is 9.17. The molecule has 1 fully saturated rings. The maximum absolute atomic E-state index is 12.9. The van der Waals surface area contributed by atoms with Crippen LogP contribution in [0.1, 0.15) is 53.8 Å². The Kier molecular flexibility index (Phi) is 7.80. The number of rotatable bonds is 9. The molecule has 0 radical (unpaired) electrons. The van der Waals surface area contributed by atoms with E-state index in [1.807, 2.05) is 11.4 Å². The number of amides is 2. The summed E-state index contributed by atoms with van der Waals surface area (Å²) in [6.45, 7) is 0. The van der Waals surface area contributed by atoms with Crippen molar-refractivity contribution in [1.29, 1.82) is 0 Å². The summed E-state index contributed by atoms with van der Waals surface area (Å²) in [5.41, 5.74) is 1.35. The Bertz CT molecular complexity index is 1250. The molecule has 0 saturated heterocycles. The number of carbonyl (C=O) groups excluding carboxylic acids is 2. The van der Waals surface area contributed by atoms with Crippen LogP contribution in [0.4, 0.5) is 11.4 Å². The highest BCUT2D eigenvalue weighted by Crippen LogP contribution is 2.30. The number of aryl methyl sites for hydroxylation is 1. The maximum Gasteiger partial charge on any atom is 0.255 e. The molecule has 2 N–H and O–H groups in total. The molecule has 0 spiro atoms. The Labute approximate surface area is 204 Å². The van der Waals surface area contributed by atoms with Crippen LogP contribution in [0.5, 0.6) is 0 Å². The second kappa shape index (κ2) is 11.0. The number of hydrogen-bond acceptors (Lipinski definition) is 5. The molecule has 8 heteroatoms. The highest BCUT2D eigenvalue weighted by Gasteiger charge is 2.30. The minimum atomic E-state index is -3.40. The van der Waals surface area contributed by atoms with Gasteiger partial charge in [0.2, 0.25) is 5.91 Å². The molecular weight excluding hydrogens is 468 g/mol. The fraction of sp³-hybridized carbons (Fsp3) is 0.308. The summed E-state index contributed by atoms with van der Waals surface area (Å²) >= 11 is 1.68. The van der Waals surface area contributed by atoms with Crippen LogP contribution in [-0.2, 0) is 21.1 Å². The van der Waals surface area contributed by atoms with E-state index in [4.69, 9.17) is 0 Å². The first-order valence-corrected chi connectivity index (χ1v) is 13.9. The Morgan fingerprint density at radius 3 is 2.38 bits per heavy atom. The largest absolute Gasteiger partial charge is 0.326 e. The van der Waals surface area contributed by atoms with E-state index in [1.54, 1.807) is 53.8 Å². The molecule has 0 aliphatic heterocycles. The molecule has 1 aliphatic carbocycles. The summed E-state index contributed by atoms with van der Waals surface area (Å²) < 4.78 is 25.8. The molecule has 1 aromatic heterocycles. The molecule has 2 aromatic carbocycles. The van der Waals surface area contributed by atoms with Gasteiger partial charge in [-0.15, -0.1) is 11.3 Å². The normalized spacial score (nSPS) is 14.1. The average molecular weight is 497 g/mol. The topological polar surface area (TPSA) is 92.3 Å². The number of benzene rings is 2. The second-order valence-electron chi connectivity index (χ2n) is 8.50. The van der Waals surface area contributed by atoms with E-state index in [9.17, 15) is 18.0 Å². The van der Waals surface area contributed by atoms with Gasteiger partial charge in [0.25, 0.3) is 5.91 Å². The van der Waals surface area contributed by atoms with Crippen molar-refractivity contribution < 1.29 is 18.0 Å². The van der Waals surface area contributed by atoms with E-state index in [2.05, 4.69) is 16.7 Å². The van der Waals surface area contributed by atoms with Gasteiger partial charge in [-0.25, -0.2) is 8.42 Å². The van der Waals surface area contributed by atoms with Crippen molar-refractivity contribution in [2.24, 2.45) is 0 Å². The second-order valence-corrected chi connectivity index (χ2v) is 11.8. The summed E-state index contributed by atoms with van der Waals surface area (Å²) in [5.74, 6) is -0.469. The van der Waals surface area contributed by atoms with Crippen molar-refractivity contribution in [3.63, 3.8) is 0 Å². The zero-order chi connectivity index (χ0) is 24.0. The average Bonchev–Trinajstić information content (AvgIpc) is 3.54. The number of nitrogens with one attached hydrogen (secondary N) is 2. The minimum absolute atomic E-state index is 0.0982. The van der Waals surface area contributed by atoms with Crippen molar-refractivity contribution >= 4 is 44.4 Å². The molecule has 6 nitrogen and oxygen atoms in total. The van der Waals surface area contributed by atoms with Crippen LogP contribution < -0.4 is 10.6 Å². The predicted molar refractivity (Wildman–Crippen MR) is 136 cm³/mol. The fourth-order valence-electron chi connectivity index (χ4n) is 4.18. The van der Waals surface area contributed by atoms with Crippen molar-refractivity contribution in [3.8, 4) is 0 Å². The van der Waals surface area contributed by atoms with Gasteiger partial charge in [0.15, 0.2) is 9.84 Å². The molecule has 1 heterocycles. The maximum atomic E-state index is 12.9. The highest BCUT2D eigenvalue weighted by molar-refractivity contribution is 7.92. The number of thiophene rings is 1. The van der Waals surface area contributed by atoms with E-state index in [0.717, 1.165) is 25.7 Å². The monoisotopic (exact) mass is 496 g/mol. The SMILES string of the molecule is O=C(CCCc1cccs1)Nc1cccc(C(=O)Nc2cccc(S(=O)(=O)C3CCCC3)c2)c1. The van der Waals surface area contributed by atoms with E-state index in [1.165, 1.54) is 10.9 Å².